The minimum atomic E-state index is 0.0496. The normalized spacial score (nSPS) is 32.6. The number of ketones is 1. The molecule has 17 heavy (non-hydrogen) atoms. The summed E-state index contributed by atoms with van der Waals surface area (Å²) in [5.74, 6) is 2.34. The average molecular weight is 229 g/mol. The third kappa shape index (κ3) is 1.90. The number of Topliss-reactive ketones (excluding diaryl/α,β-unsaturated/α-hetero) is 1. The van der Waals surface area contributed by atoms with E-state index in [4.69, 9.17) is 0 Å². The molecule has 0 aromatic carbocycles. The summed E-state index contributed by atoms with van der Waals surface area (Å²) in [6.45, 7) is 2.04. The Morgan fingerprint density at radius 1 is 1.24 bits per heavy atom. The van der Waals surface area contributed by atoms with Gasteiger partial charge in [-0.15, -0.1) is 0 Å². The van der Waals surface area contributed by atoms with Crippen LogP contribution in [0.1, 0.15) is 44.1 Å². The van der Waals surface area contributed by atoms with Gasteiger partial charge in [-0.1, -0.05) is 19.8 Å². The molecule has 0 bridgehead atoms. The van der Waals surface area contributed by atoms with Crippen molar-refractivity contribution in [3.05, 3.63) is 30.1 Å². The van der Waals surface area contributed by atoms with E-state index in [0.717, 1.165) is 17.4 Å². The Morgan fingerprint density at radius 3 is 2.41 bits per heavy atom. The van der Waals surface area contributed by atoms with Crippen LogP contribution in [0.4, 0.5) is 0 Å². The molecule has 0 N–H and O–H groups in total. The second kappa shape index (κ2) is 4.25. The van der Waals surface area contributed by atoms with E-state index in [2.05, 4.69) is 4.98 Å². The third-order valence-corrected chi connectivity index (χ3v) is 4.62. The number of aromatic nitrogens is 1. The minimum Gasteiger partial charge on any atom is -0.299 e. The molecule has 3 unspecified atom stereocenters. The number of carbonyl (C=O) groups excluding carboxylic acids is 1. The summed E-state index contributed by atoms with van der Waals surface area (Å²) in [6, 6.07) is 3.93. The molecule has 2 nitrogen and oxygen atoms in total. The van der Waals surface area contributed by atoms with Crippen LogP contribution in [0.3, 0.4) is 0 Å². The van der Waals surface area contributed by atoms with Gasteiger partial charge >= 0.3 is 0 Å². The van der Waals surface area contributed by atoms with E-state index < -0.39 is 0 Å². The van der Waals surface area contributed by atoms with Gasteiger partial charge in [0.15, 0.2) is 0 Å². The average Bonchev–Trinajstić information content (AvgIpc) is 3.12. The molecule has 2 aliphatic rings. The molecule has 0 amide bonds. The van der Waals surface area contributed by atoms with Crippen LogP contribution in [0.25, 0.3) is 0 Å². The van der Waals surface area contributed by atoms with Crippen LogP contribution in [0.5, 0.6) is 0 Å². The van der Waals surface area contributed by atoms with Crippen LogP contribution in [0.15, 0.2) is 24.5 Å². The fraction of sp³-hybridized carbons (Fsp3) is 0.600. The lowest BCUT2D eigenvalue weighted by Gasteiger charge is -2.10. The van der Waals surface area contributed by atoms with Gasteiger partial charge in [0.2, 0.25) is 0 Å². The quantitative estimate of drug-likeness (QED) is 0.796. The minimum absolute atomic E-state index is 0.0496. The van der Waals surface area contributed by atoms with Gasteiger partial charge in [0.25, 0.3) is 0 Å². The summed E-state index contributed by atoms with van der Waals surface area (Å²) >= 11 is 0. The summed E-state index contributed by atoms with van der Waals surface area (Å²) in [6.07, 6.45) is 8.77. The van der Waals surface area contributed by atoms with Gasteiger partial charge in [-0.2, -0.15) is 0 Å². The maximum absolute atomic E-state index is 12.5. The second-order valence-corrected chi connectivity index (χ2v) is 5.54. The van der Waals surface area contributed by atoms with Crippen molar-refractivity contribution < 1.29 is 4.79 Å². The molecule has 90 valence electrons. The van der Waals surface area contributed by atoms with E-state index in [9.17, 15) is 4.79 Å². The van der Waals surface area contributed by atoms with E-state index in [1.54, 1.807) is 12.4 Å². The lowest BCUT2D eigenvalue weighted by molar-refractivity contribution is -0.121. The van der Waals surface area contributed by atoms with Gasteiger partial charge in [0.1, 0.15) is 5.78 Å². The van der Waals surface area contributed by atoms with E-state index in [1.807, 2.05) is 19.1 Å². The summed E-state index contributed by atoms with van der Waals surface area (Å²) in [5, 5.41) is 0. The molecule has 0 radical (unpaired) electrons. The summed E-state index contributed by atoms with van der Waals surface area (Å²) in [5.41, 5.74) is 1.12. The molecule has 0 spiro atoms. The molecule has 2 heteroatoms. The highest BCUT2D eigenvalue weighted by molar-refractivity contribution is 5.90. The topological polar surface area (TPSA) is 30.0 Å². The summed E-state index contributed by atoms with van der Waals surface area (Å²) in [7, 11) is 0. The maximum Gasteiger partial charge on any atom is 0.143 e. The number of pyridine rings is 1. The van der Waals surface area contributed by atoms with Crippen LogP contribution < -0.4 is 0 Å². The van der Waals surface area contributed by atoms with Gasteiger partial charge in [-0.3, -0.25) is 9.78 Å². The predicted octanol–water partition coefficient (Wildman–Crippen LogP) is 3.19. The molecule has 3 atom stereocenters. The van der Waals surface area contributed by atoms with E-state index in [1.165, 1.54) is 25.7 Å². The molecular weight excluding hydrogens is 210 g/mol. The zero-order valence-electron chi connectivity index (χ0n) is 10.3. The van der Waals surface area contributed by atoms with E-state index in [-0.39, 0.29) is 5.92 Å². The number of fused-ring (bicyclic) bond motifs is 1. The van der Waals surface area contributed by atoms with Crippen molar-refractivity contribution >= 4 is 5.78 Å². The number of nitrogens with zero attached hydrogens (tertiary/aromatic N) is 1. The number of hydrogen-bond acceptors (Lipinski definition) is 2. The molecule has 2 aliphatic carbocycles. The maximum atomic E-state index is 12.5. The first kappa shape index (κ1) is 10.9. The van der Waals surface area contributed by atoms with Crippen molar-refractivity contribution in [1.82, 2.24) is 4.98 Å². The van der Waals surface area contributed by atoms with Crippen molar-refractivity contribution in [1.29, 1.82) is 0 Å². The van der Waals surface area contributed by atoms with Gasteiger partial charge < -0.3 is 0 Å². The van der Waals surface area contributed by atoms with Crippen molar-refractivity contribution in [3.8, 4) is 0 Å². The highest BCUT2D eigenvalue weighted by Crippen LogP contribution is 2.57. The van der Waals surface area contributed by atoms with Gasteiger partial charge in [-0.25, -0.2) is 0 Å². The molecule has 2 fully saturated rings. The van der Waals surface area contributed by atoms with Crippen LogP contribution in [-0.4, -0.2) is 10.8 Å². The predicted molar refractivity (Wildman–Crippen MR) is 66.6 cm³/mol. The molecule has 1 aromatic heterocycles. The Hall–Kier alpha value is -1.18. The molecular formula is C15H19NO. The zero-order chi connectivity index (χ0) is 11.8. The van der Waals surface area contributed by atoms with Gasteiger partial charge in [0.05, 0.1) is 0 Å². The van der Waals surface area contributed by atoms with Crippen molar-refractivity contribution in [2.75, 3.05) is 0 Å². The van der Waals surface area contributed by atoms with Crippen LogP contribution in [-0.2, 0) is 4.79 Å². The molecule has 1 heterocycles. The van der Waals surface area contributed by atoms with Crippen LogP contribution in [0.2, 0.25) is 0 Å². The van der Waals surface area contributed by atoms with E-state index in [0.29, 0.717) is 11.7 Å². The fourth-order valence-electron chi connectivity index (χ4n) is 3.52. The Balaban J connectivity index is 1.71. The van der Waals surface area contributed by atoms with Crippen molar-refractivity contribution in [2.45, 2.75) is 38.5 Å². The molecule has 0 aliphatic heterocycles. The first-order valence-electron chi connectivity index (χ1n) is 6.72. The SMILES string of the molecule is CC(C(=O)C1C2CCCCC21)c1ccncc1. The monoisotopic (exact) mass is 229 g/mol. The smallest absolute Gasteiger partial charge is 0.143 e. The molecule has 0 saturated heterocycles. The van der Waals surface area contributed by atoms with Gasteiger partial charge in [-0.05, 0) is 42.4 Å². The number of rotatable bonds is 3. The Labute approximate surface area is 102 Å². The van der Waals surface area contributed by atoms with Crippen molar-refractivity contribution in [3.63, 3.8) is 0 Å². The van der Waals surface area contributed by atoms with Crippen LogP contribution in [0, 0.1) is 17.8 Å². The number of hydrogen-bond donors (Lipinski definition) is 0. The first-order valence-corrected chi connectivity index (χ1v) is 6.72. The Morgan fingerprint density at radius 2 is 1.82 bits per heavy atom. The standard InChI is InChI=1S/C15H19NO/c1-10(11-6-8-16-9-7-11)15(17)14-12-4-2-3-5-13(12)14/h6-10,12-14H,2-5H2,1H3. The lowest BCUT2D eigenvalue weighted by Crippen LogP contribution is -2.13. The zero-order valence-corrected chi connectivity index (χ0v) is 10.3. The van der Waals surface area contributed by atoms with Crippen LogP contribution >= 0.6 is 0 Å². The first-order chi connectivity index (χ1) is 8.29. The van der Waals surface area contributed by atoms with Crippen molar-refractivity contribution in [2.24, 2.45) is 17.8 Å². The summed E-state index contributed by atoms with van der Waals surface area (Å²) in [4.78, 5) is 16.5. The molecule has 1 aromatic rings. The molecule has 2 saturated carbocycles. The fourth-order valence-corrected chi connectivity index (χ4v) is 3.52. The molecule has 3 rings (SSSR count). The Kier molecular flexibility index (Phi) is 2.73. The Bertz CT molecular complexity index is 402. The highest BCUT2D eigenvalue weighted by Gasteiger charge is 2.55. The summed E-state index contributed by atoms with van der Waals surface area (Å²) < 4.78 is 0. The largest absolute Gasteiger partial charge is 0.299 e. The van der Waals surface area contributed by atoms with E-state index >= 15 is 0 Å². The number of carbonyl (C=O) groups is 1. The third-order valence-electron chi connectivity index (χ3n) is 4.62. The second-order valence-electron chi connectivity index (χ2n) is 5.54. The van der Waals surface area contributed by atoms with Gasteiger partial charge in [0, 0.05) is 24.2 Å². The highest BCUT2D eigenvalue weighted by atomic mass is 16.1. The lowest BCUT2D eigenvalue weighted by atomic mass is 9.93.